The number of hydrogen-bond donors (Lipinski definition) is 1. The maximum absolute atomic E-state index is 14.5. The van der Waals surface area contributed by atoms with Gasteiger partial charge < -0.3 is 9.42 Å². The normalized spacial score (nSPS) is 20.6. The lowest BCUT2D eigenvalue weighted by molar-refractivity contribution is -0.126. The molecule has 1 aliphatic rings. The van der Waals surface area contributed by atoms with Gasteiger partial charge in [-0.3, -0.25) is 10.1 Å². The molecule has 0 radical (unpaired) electrons. The number of hydrogen-bond acceptors (Lipinski definition) is 5. The van der Waals surface area contributed by atoms with Gasteiger partial charge in [-0.05, 0) is 0 Å². The molecule has 7 heteroatoms. The van der Waals surface area contributed by atoms with E-state index in [4.69, 9.17) is 9.78 Å². The Morgan fingerprint density at radius 1 is 1.45 bits per heavy atom. The summed E-state index contributed by atoms with van der Waals surface area (Å²) in [5, 5.41) is 15.0. The SMILES string of the molecule is N#CN1CCC(F)(C(=O)Nc2cc(-c3ccccc3)no2)C1. The number of nitriles is 1. The van der Waals surface area contributed by atoms with Crippen LogP contribution in [0, 0.1) is 11.5 Å². The van der Waals surface area contributed by atoms with Gasteiger partial charge in [0.1, 0.15) is 5.69 Å². The molecule has 0 saturated carbocycles. The zero-order valence-electron chi connectivity index (χ0n) is 11.6. The van der Waals surface area contributed by atoms with E-state index in [1.54, 1.807) is 0 Å². The lowest BCUT2D eigenvalue weighted by atomic mass is 10.1. The average molecular weight is 300 g/mol. The number of likely N-dealkylation sites (tertiary alicyclic amines) is 1. The summed E-state index contributed by atoms with van der Waals surface area (Å²) >= 11 is 0. The molecule has 0 bridgehead atoms. The third kappa shape index (κ3) is 2.63. The fraction of sp³-hybridized carbons (Fsp3) is 0.267. The van der Waals surface area contributed by atoms with E-state index in [9.17, 15) is 9.18 Å². The Balaban J connectivity index is 1.71. The first kappa shape index (κ1) is 14.1. The van der Waals surface area contributed by atoms with Crippen molar-refractivity contribution in [1.29, 1.82) is 5.26 Å². The zero-order chi connectivity index (χ0) is 15.6. The van der Waals surface area contributed by atoms with Crippen LogP contribution in [0.4, 0.5) is 10.3 Å². The van der Waals surface area contributed by atoms with E-state index < -0.39 is 11.6 Å². The zero-order valence-corrected chi connectivity index (χ0v) is 11.6. The molecule has 1 N–H and O–H groups in total. The smallest absolute Gasteiger partial charge is 0.266 e. The number of anilines is 1. The largest absolute Gasteiger partial charge is 0.338 e. The van der Waals surface area contributed by atoms with Crippen LogP contribution in [-0.2, 0) is 4.79 Å². The number of carbonyl (C=O) groups excluding carboxylic acids is 1. The summed E-state index contributed by atoms with van der Waals surface area (Å²) in [5.41, 5.74) is -0.706. The number of nitrogens with one attached hydrogen (secondary N) is 1. The predicted molar refractivity (Wildman–Crippen MR) is 76.2 cm³/mol. The highest BCUT2D eigenvalue weighted by molar-refractivity contribution is 5.97. The van der Waals surface area contributed by atoms with Crippen molar-refractivity contribution >= 4 is 11.8 Å². The number of carbonyl (C=O) groups is 1. The maximum atomic E-state index is 14.5. The molecule has 1 unspecified atom stereocenters. The molecule has 1 aromatic heterocycles. The Labute approximate surface area is 126 Å². The summed E-state index contributed by atoms with van der Waals surface area (Å²) in [7, 11) is 0. The highest BCUT2D eigenvalue weighted by Gasteiger charge is 2.45. The van der Waals surface area contributed by atoms with Crippen molar-refractivity contribution in [2.75, 3.05) is 18.4 Å². The molecule has 112 valence electrons. The number of nitrogens with zero attached hydrogens (tertiary/aromatic N) is 3. The number of benzene rings is 1. The van der Waals surface area contributed by atoms with Gasteiger partial charge in [0.05, 0.1) is 6.54 Å². The predicted octanol–water partition coefficient (Wildman–Crippen LogP) is 2.18. The van der Waals surface area contributed by atoms with Gasteiger partial charge in [0, 0.05) is 24.6 Å². The van der Waals surface area contributed by atoms with Crippen molar-refractivity contribution in [3.8, 4) is 17.5 Å². The molecule has 2 aromatic rings. The number of alkyl halides is 1. The van der Waals surface area contributed by atoms with Gasteiger partial charge in [0.2, 0.25) is 11.6 Å². The third-order valence-electron chi connectivity index (χ3n) is 3.58. The lowest BCUT2D eigenvalue weighted by Crippen LogP contribution is -2.40. The molecule has 6 nitrogen and oxygen atoms in total. The molecule has 1 saturated heterocycles. The van der Waals surface area contributed by atoms with Crippen LogP contribution in [0.2, 0.25) is 0 Å². The summed E-state index contributed by atoms with van der Waals surface area (Å²) in [6, 6.07) is 10.8. The van der Waals surface area contributed by atoms with E-state index >= 15 is 0 Å². The Kier molecular flexibility index (Phi) is 3.51. The highest BCUT2D eigenvalue weighted by atomic mass is 19.1. The standard InChI is InChI=1S/C15H13FN4O2/c16-15(6-7-20(9-15)10-17)14(21)18-13-8-12(19-22-13)11-4-2-1-3-5-11/h1-5,8H,6-7,9H2,(H,18,21). The summed E-state index contributed by atoms with van der Waals surface area (Å²) in [4.78, 5) is 13.3. The van der Waals surface area contributed by atoms with Crippen molar-refractivity contribution < 1.29 is 13.7 Å². The first-order chi connectivity index (χ1) is 10.6. The minimum Gasteiger partial charge on any atom is -0.338 e. The molecule has 0 spiro atoms. The molecular formula is C15H13FN4O2. The molecule has 1 fully saturated rings. The number of rotatable bonds is 3. The highest BCUT2D eigenvalue weighted by Crippen LogP contribution is 2.28. The van der Waals surface area contributed by atoms with Crippen LogP contribution < -0.4 is 5.32 Å². The van der Waals surface area contributed by atoms with E-state index in [1.807, 2.05) is 36.5 Å². The first-order valence-corrected chi connectivity index (χ1v) is 6.78. The van der Waals surface area contributed by atoms with Crippen LogP contribution in [0.3, 0.4) is 0 Å². The van der Waals surface area contributed by atoms with Crippen LogP contribution in [0.25, 0.3) is 11.3 Å². The minimum absolute atomic E-state index is 0.0218. The molecule has 1 amide bonds. The number of halogens is 1. The molecule has 0 aliphatic carbocycles. The topological polar surface area (TPSA) is 82.2 Å². The van der Waals surface area contributed by atoms with E-state index in [1.165, 1.54) is 11.0 Å². The quantitative estimate of drug-likeness (QED) is 0.878. The van der Waals surface area contributed by atoms with Crippen LogP contribution in [0.5, 0.6) is 0 Å². The first-order valence-electron chi connectivity index (χ1n) is 6.78. The number of amides is 1. The van der Waals surface area contributed by atoms with Crippen molar-refractivity contribution in [2.45, 2.75) is 12.1 Å². The van der Waals surface area contributed by atoms with Gasteiger partial charge in [0.25, 0.3) is 5.91 Å². The Hall–Kier alpha value is -2.88. The lowest BCUT2D eigenvalue weighted by Gasteiger charge is -2.16. The summed E-state index contributed by atoms with van der Waals surface area (Å²) < 4.78 is 19.5. The fourth-order valence-corrected chi connectivity index (χ4v) is 2.35. The molecule has 1 aromatic carbocycles. The summed E-state index contributed by atoms with van der Waals surface area (Å²) in [6.45, 7) is -0.0128. The molecule has 1 aliphatic heterocycles. The third-order valence-corrected chi connectivity index (χ3v) is 3.58. The maximum Gasteiger partial charge on any atom is 0.266 e. The van der Waals surface area contributed by atoms with Crippen molar-refractivity contribution in [3.63, 3.8) is 0 Å². The molecule has 3 rings (SSSR count). The van der Waals surface area contributed by atoms with Crippen LogP contribution in [-0.4, -0.2) is 34.7 Å². The monoisotopic (exact) mass is 300 g/mol. The van der Waals surface area contributed by atoms with Crippen molar-refractivity contribution in [2.24, 2.45) is 0 Å². The van der Waals surface area contributed by atoms with Crippen LogP contribution in [0.1, 0.15) is 6.42 Å². The van der Waals surface area contributed by atoms with Gasteiger partial charge in [0.15, 0.2) is 6.19 Å². The molecule has 1 atom stereocenters. The van der Waals surface area contributed by atoms with E-state index in [2.05, 4.69) is 10.5 Å². The Morgan fingerprint density at radius 3 is 2.91 bits per heavy atom. The second kappa shape index (κ2) is 5.48. The van der Waals surface area contributed by atoms with Gasteiger partial charge >= 0.3 is 0 Å². The van der Waals surface area contributed by atoms with Crippen LogP contribution >= 0.6 is 0 Å². The molecule has 2 heterocycles. The summed E-state index contributed by atoms with van der Waals surface area (Å²) in [6.07, 6.45) is 1.82. The van der Waals surface area contributed by atoms with Gasteiger partial charge in [-0.1, -0.05) is 35.5 Å². The van der Waals surface area contributed by atoms with Gasteiger partial charge in [-0.15, -0.1) is 0 Å². The Bertz CT molecular complexity index is 725. The van der Waals surface area contributed by atoms with Gasteiger partial charge in [-0.2, -0.15) is 5.26 Å². The average Bonchev–Trinajstić information content (AvgIpc) is 3.16. The van der Waals surface area contributed by atoms with Gasteiger partial charge in [-0.25, -0.2) is 4.39 Å². The summed E-state index contributed by atoms with van der Waals surface area (Å²) in [5.74, 6) is -0.739. The van der Waals surface area contributed by atoms with Crippen molar-refractivity contribution in [3.05, 3.63) is 36.4 Å². The van der Waals surface area contributed by atoms with E-state index in [0.29, 0.717) is 5.69 Å². The van der Waals surface area contributed by atoms with Crippen LogP contribution in [0.15, 0.2) is 40.9 Å². The second-order valence-electron chi connectivity index (χ2n) is 5.13. The van der Waals surface area contributed by atoms with E-state index in [0.717, 1.165) is 5.56 Å². The van der Waals surface area contributed by atoms with E-state index in [-0.39, 0.29) is 25.4 Å². The second-order valence-corrected chi connectivity index (χ2v) is 5.13. The number of aromatic nitrogens is 1. The Morgan fingerprint density at radius 2 is 2.23 bits per heavy atom. The van der Waals surface area contributed by atoms with Crippen molar-refractivity contribution in [1.82, 2.24) is 10.1 Å². The minimum atomic E-state index is -2.09. The fourth-order valence-electron chi connectivity index (χ4n) is 2.35. The molecular weight excluding hydrogens is 287 g/mol. The molecule has 22 heavy (non-hydrogen) atoms.